The van der Waals surface area contributed by atoms with Gasteiger partial charge in [-0.05, 0) is 62.1 Å². The van der Waals surface area contributed by atoms with Gasteiger partial charge in [-0.25, -0.2) is 0 Å². The summed E-state index contributed by atoms with van der Waals surface area (Å²) in [4.78, 5) is 25.9. The van der Waals surface area contributed by atoms with E-state index in [-0.39, 0.29) is 19.6 Å². The third kappa shape index (κ3) is 4.49. The quantitative estimate of drug-likeness (QED) is 0.513. The van der Waals surface area contributed by atoms with Crippen LogP contribution in [0.4, 0.5) is 0 Å². The van der Waals surface area contributed by atoms with Crippen molar-refractivity contribution in [3.63, 3.8) is 0 Å². The first-order chi connectivity index (χ1) is 14.2. The molecule has 0 heterocycles. The summed E-state index contributed by atoms with van der Waals surface area (Å²) in [7, 11) is 1.56. The number of rotatable bonds is 8. The van der Waals surface area contributed by atoms with Crippen molar-refractivity contribution >= 4 is 11.9 Å². The Labute approximate surface area is 177 Å². The molecule has 6 nitrogen and oxygen atoms in total. The number of carbonyl (C=O) groups excluding carboxylic acids is 2. The summed E-state index contributed by atoms with van der Waals surface area (Å²) in [6.07, 6.45) is 0.507. The molecule has 6 heteroatoms. The van der Waals surface area contributed by atoms with Gasteiger partial charge < -0.3 is 19.3 Å². The highest BCUT2D eigenvalue weighted by Crippen LogP contribution is 2.48. The molecule has 0 aliphatic heterocycles. The molecule has 1 aliphatic rings. The summed E-state index contributed by atoms with van der Waals surface area (Å²) in [5.41, 5.74) is 0.727. The average molecular weight is 414 g/mol. The number of carbonyl (C=O) groups is 2. The number of hydrogen-bond acceptors (Lipinski definition) is 6. The van der Waals surface area contributed by atoms with E-state index in [4.69, 9.17) is 14.2 Å². The molecule has 2 atom stereocenters. The molecule has 0 saturated carbocycles. The van der Waals surface area contributed by atoms with Gasteiger partial charge in [-0.15, -0.1) is 0 Å². The van der Waals surface area contributed by atoms with Gasteiger partial charge in [0, 0.05) is 5.92 Å². The van der Waals surface area contributed by atoms with Crippen molar-refractivity contribution in [1.82, 2.24) is 0 Å². The zero-order valence-corrected chi connectivity index (χ0v) is 18.1. The number of ether oxygens (including phenoxy) is 3. The summed E-state index contributed by atoms with van der Waals surface area (Å²) >= 11 is 0. The smallest absolute Gasteiger partial charge is 0.327 e. The van der Waals surface area contributed by atoms with Crippen molar-refractivity contribution in [2.45, 2.75) is 33.3 Å². The lowest BCUT2D eigenvalue weighted by molar-refractivity contribution is -0.170. The largest absolute Gasteiger partial charge is 0.497 e. The second-order valence-corrected chi connectivity index (χ2v) is 7.30. The number of benzene rings is 1. The lowest BCUT2D eigenvalue weighted by Crippen LogP contribution is -2.45. The maximum absolute atomic E-state index is 13.0. The van der Waals surface area contributed by atoms with Gasteiger partial charge >= 0.3 is 11.9 Å². The van der Waals surface area contributed by atoms with E-state index in [0.717, 1.165) is 0 Å². The molecule has 30 heavy (non-hydrogen) atoms. The monoisotopic (exact) mass is 414 g/mol. The molecule has 162 valence electrons. The van der Waals surface area contributed by atoms with Crippen LogP contribution >= 0.6 is 0 Å². The Balaban J connectivity index is 2.57. The molecule has 0 bridgehead atoms. The Morgan fingerprint density at radius 3 is 2.13 bits per heavy atom. The van der Waals surface area contributed by atoms with Crippen LogP contribution in [-0.4, -0.2) is 37.4 Å². The van der Waals surface area contributed by atoms with E-state index in [1.165, 1.54) is 6.08 Å². The van der Waals surface area contributed by atoms with Gasteiger partial charge in [0.1, 0.15) is 5.75 Å². The normalized spacial score (nSPS) is 18.8. The zero-order chi connectivity index (χ0) is 22.5. The van der Waals surface area contributed by atoms with Gasteiger partial charge in [-0.2, -0.15) is 0 Å². The summed E-state index contributed by atoms with van der Waals surface area (Å²) in [6.45, 7) is 13.4. The average Bonchev–Trinajstić information content (AvgIpc) is 2.73. The first-order valence-electron chi connectivity index (χ1n) is 9.96. The van der Waals surface area contributed by atoms with Crippen molar-refractivity contribution in [2.75, 3.05) is 20.3 Å². The molecular formula is C24H30O6. The number of aliphatic hydroxyl groups excluding tert-OH is 1. The number of esters is 2. The molecule has 0 fully saturated rings. The molecule has 0 radical (unpaired) electrons. The van der Waals surface area contributed by atoms with Crippen LogP contribution in [0, 0.1) is 11.3 Å². The summed E-state index contributed by atoms with van der Waals surface area (Å²) in [5.74, 6) is -1.38. The molecule has 0 spiro atoms. The number of allylic oxidation sites excluding steroid dienone is 2. The van der Waals surface area contributed by atoms with E-state index in [9.17, 15) is 14.7 Å². The van der Waals surface area contributed by atoms with Gasteiger partial charge in [0.25, 0.3) is 0 Å². The van der Waals surface area contributed by atoms with Crippen molar-refractivity contribution in [3.8, 4) is 5.75 Å². The van der Waals surface area contributed by atoms with E-state index in [0.29, 0.717) is 28.0 Å². The standard InChI is InChI=1S/C24H30O6/c1-7-29-22(26)24(23(27)30-8-2)13-19(15(3)4)16(5)20(14-24)21(25)17-9-11-18(28-6)12-10-17/h9-13,20-21,25H,3,5,7-8,14H2,1-2,4,6H3/t20-,21+/m0/s1. The summed E-state index contributed by atoms with van der Waals surface area (Å²) < 4.78 is 15.6. The van der Waals surface area contributed by atoms with Crippen LogP contribution < -0.4 is 4.74 Å². The van der Waals surface area contributed by atoms with Gasteiger partial charge in [0.15, 0.2) is 5.41 Å². The van der Waals surface area contributed by atoms with Crippen LogP contribution in [0.3, 0.4) is 0 Å². The summed E-state index contributed by atoms with van der Waals surface area (Å²) in [5, 5.41) is 11.2. The van der Waals surface area contributed by atoms with Crippen LogP contribution in [0.15, 0.2) is 60.2 Å². The minimum Gasteiger partial charge on any atom is -0.497 e. The van der Waals surface area contributed by atoms with E-state index < -0.39 is 29.4 Å². The maximum atomic E-state index is 13.0. The lowest BCUT2D eigenvalue weighted by Gasteiger charge is -2.39. The molecule has 1 aromatic carbocycles. The van der Waals surface area contributed by atoms with Gasteiger partial charge in [0.05, 0.1) is 26.4 Å². The van der Waals surface area contributed by atoms with Gasteiger partial charge in [-0.3, -0.25) is 9.59 Å². The molecule has 1 aliphatic carbocycles. The lowest BCUT2D eigenvalue weighted by atomic mass is 9.66. The Hall–Kier alpha value is -2.86. The number of methoxy groups -OCH3 is 1. The third-order valence-electron chi connectivity index (χ3n) is 5.30. The highest BCUT2D eigenvalue weighted by Gasteiger charge is 2.53. The Bertz CT molecular complexity index is 831. The predicted molar refractivity (Wildman–Crippen MR) is 114 cm³/mol. The number of aliphatic hydroxyl groups is 1. The predicted octanol–water partition coefficient (Wildman–Crippen LogP) is 3.92. The minimum absolute atomic E-state index is 0.0204. The molecule has 1 N–H and O–H groups in total. The van der Waals surface area contributed by atoms with Crippen molar-refractivity contribution in [2.24, 2.45) is 11.3 Å². The van der Waals surface area contributed by atoms with Gasteiger partial charge in [-0.1, -0.05) is 30.9 Å². The van der Waals surface area contributed by atoms with Crippen LogP contribution in [0.25, 0.3) is 0 Å². The fourth-order valence-corrected chi connectivity index (χ4v) is 3.69. The zero-order valence-electron chi connectivity index (χ0n) is 18.1. The first kappa shape index (κ1) is 23.4. The fourth-order valence-electron chi connectivity index (χ4n) is 3.69. The van der Waals surface area contributed by atoms with Crippen molar-refractivity contribution < 1.29 is 28.9 Å². The van der Waals surface area contributed by atoms with Crippen molar-refractivity contribution in [3.05, 3.63) is 65.8 Å². The Morgan fingerprint density at radius 2 is 1.70 bits per heavy atom. The Kier molecular flexibility index (Phi) is 7.62. The molecule has 2 rings (SSSR count). The maximum Gasteiger partial charge on any atom is 0.327 e. The second kappa shape index (κ2) is 9.76. The number of hydrogen-bond donors (Lipinski definition) is 1. The fraction of sp³-hybridized carbons (Fsp3) is 0.417. The van der Waals surface area contributed by atoms with Crippen molar-refractivity contribution in [1.29, 1.82) is 0 Å². The van der Waals surface area contributed by atoms with Crippen LogP contribution in [-0.2, 0) is 19.1 Å². The van der Waals surface area contributed by atoms with E-state index in [1.54, 1.807) is 52.1 Å². The second-order valence-electron chi connectivity index (χ2n) is 7.30. The van der Waals surface area contributed by atoms with Crippen LogP contribution in [0.5, 0.6) is 5.75 Å². The Morgan fingerprint density at radius 1 is 1.17 bits per heavy atom. The highest BCUT2D eigenvalue weighted by atomic mass is 16.6. The topological polar surface area (TPSA) is 82.1 Å². The SMILES string of the molecule is C=C(C)C1=CC(C(=O)OCC)(C(=O)OCC)C[C@H]([C@H](O)c2ccc(OC)cc2)C1=C. The van der Waals surface area contributed by atoms with Crippen LogP contribution in [0.1, 0.15) is 38.9 Å². The molecule has 0 amide bonds. The van der Waals surface area contributed by atoms with E-state index in [1.807, 2.05) is 0 Å². The highest BCUT2D eigenvalue weighted by molar-refractivity contribution is 6.03. The third-order valence-corrected chi connectivity index (χ3v) is 5.30. The molecule has 0 saturated heterocycles. The molecule has 1 aromatic rings. The molecule has 0 aromatic heterocycles. The van der Waals surface area contributed by atoms with Crippen LogP contribution in [0.2, 0.25) is 0 Å². The van der Waals surface area contributed by atoms with Gasteiger partial charge in [0.2, 0.25) is 0 Å². The first-order valence-corrected chi connectivity index (χ1v) is 9.96. The van der Waals surface area contributed by atoms with E-state index in [2.05, 4.69) is 13.2 Å². The molecule has 0 unspecified atom stereocenters. The van der Waals surface area contributed by atoms with E-state index >= 15 is 0 Å². The summed E-state index contributed by atoms with van der Waals surface area (Å²) in [6, 6.07) is 6.96. The molecular weight excluding hydrogens is 384 g/mol. The minimum atomic E-state index is -1.68.